The highest BCUT2D eigenvalue weighted by Gasteiger charge is 2.31. The summed E-state index contributed by atoms with van der Waals surface area (Å²) in [5.41, 5.74) is 2.27. The number of aromatic nitrogens is 4. The lowest BCUT2D eigenvalue weighted by Gasteiger charge is -2.39. The Kier molecular flexibility index (Phi) is 6.09. The van der Waals surface area contributed by atoms with Gasteiger partial charge in [0.05, 0.1) is 11.5 Å². The van der Waals surface area contributed by atoms with Gasteiger partial charge in [0.15, 0.2) is 5.82 Å². The number of hydrogen-bond acceptors (Lipinski definition) is 8. The molecule has 168 valence electrons. The van der Waals surface area contributed by atoms with E-state index in [1.807, 2.05) is 35.0 Å². The second-order valence-corrected chi connectivity index (χ2v) is 8.87. The molecule has 0 spiro atoms. The Bertz CT molecular complexity index is 1190. The Morgan fingerprint density at radius 3 is 2.39 bits per heavy atom. The molecule has 3 heterocycles. The lowest BCUT2D eigenvalue weighted by molar-refractivity contribution is -0.384. The Hall–Kier alpha value is -3.63. The molecule has 0 aliphatic carbocycles. The van der Waals surface area contributed by atoms with Gasteiger partial charge in [-0.1, -0.05) is 36.4 Å². The van der Waals surface area contributed by atoms with Gasteiger partial charge in [-0.05, 0) is 39.6 Å². The number of nitro benzene ring substituents is 1. The number of thiophene rings is 1. The van der Waals surface area contributed by atoms with E-state index >= 15 is 0 Å². The average molecular weight is 462 g/mol. The van der Waals surface area contributed by atoms with Gasteiger partial charge < -0.3 is 4.90 Å². The SMILES string of the molecule is O=[N+]([O-])c1ccc(N2CCN([C@H](c3cccs3)c3nnnn3Cc3ccccc3)CC2)cc1. The van der Waals surface area contributed by atoms with Crippen LogP contribution in [-0.2, 0) is 6.54 Å². The van der Waals surface area contributed by atoms with E-state index in [-0.39, 0.29) is 16.7 Å². The van der Waals surface area contributed by atoms with Crippen LogP contribution in [0.1, 0.15) is 22.3 Å². The summed E-state index contributed by atoms with van der Waals surface area (Å²) < 4.78 is 1.89. The number of non-ortho nitro benzene ring substituents is 1. The number of piperazine rings is 1. The summed E-state index contributed by atoms with van der Waals surface area (Å²) in [6.07, 6.45) is 0. The average Bonchev–Trinajstić information content (AvgIpc) is 3.54. The highest BCUT2D eigenvalue weighted by atomic mass is 32.1. The molecule has 0 unspecified atom stereocenters. The van der Waals surface area contributed by atoms with Crippen LogP contribution in [0.5, 0.6) is 0 Å². The normalized spacial score (nSPS) is 15.5. The molecule has 1 fully saturated rings. The van der Waals surface area contributed by atoms with Gasteiger partial charge in [-0.25, -0.2) is 4.68 Å². The van der Waals surface area contributed by atoms with Crippen molar-refractivity contribution >= 4 is 22.7 Å². The minimum Gasteiger partial charge on any atom is -0.369 e. The number of rotatable bonds is 7. The van der Waals surface area contributed by atoms with Crippen molar-refractivity contribution in [3.63, 3.8) is 0 Å². The maximum absolute atomic E-state index is 10.9. The molecular formula is C23H23N7O2S. The molecule has 1 atom stereocenters. The van der Waals surface area contributed by atoms with Gasteiger partial charge in [0.1, 0.15) is 6.04 Å². The van der Waals surface area contributed by atoms with Crippen LogP contribution in [0, 0.1) is 10.1 Å². The quantitative estimate of drug-likeness (QED) is 0.307. The molecule has 1 saturated heterocycles. The standard InChI is InChI=1S/C23H23N7O2S/c31-30(32)20-10-8-19(9-11-20)27-12-14-28(15-13-27)22(21-7-4-16-33-21)23-24-25-26-29(23)17-18-5-2-1-3-6-18/h1-11,16,22H,12-15,17H2/t22-/m1/s1. The first-order valence-electron chi connectivity index (χ1n) is 10.8. The fourth-order valence-corrected chi connectivity index (χ4v) is 5.07. The predicted molar refractivity (Wildman–Crippen MR) is 126 cm³/mol. The predicted octanol–water partition coefficient (Wildman–Crippen LogP) is 3.60. The first kappa shape index (κ1) is 21.2. The first-order valence-corrected chi connectivity index (χ1v) is 11.6. The second-order valence-electron chi connectivity index (χ2n) is 7.89. The molecule has 0 bridgehead atoms. The molecule has 0 radical (unpaired) electrons. The van der Waals surface area contributed by atoms with Crippen LogP contribution >= 0.6 is 11.3 Å². The number of nitrogens with zero attached hydrogens (tertiary/aromatic N) is 7. The zero-order valence-electron chi connectivity index (χ0n) is 17.9. The maximum atomic E-state index is 10.9. The fraction of sp³-hybridized carbons (Fsp3) is 0.261. The third kappa shape index (κ3) is 4.62. The molecule has 2 aromatic carbocycles. The van der Waals surface area contributed by atoms with E-state index in [0.29, 0.717) is 6.54 Å². The van der Waals surface area contributed by atoms with E-state index in [1.165, 1.54) is 4.88 Å². The number of hydrogen-bond donors (Lipinski definition) is 0. The number of anilines is 1. The van der Waals surface area contributed by atoms with Gasteiger partial charge in [-0.3, -0.25) is 15.0 Å². The van der Waals surface area contributed by atoms with Crippen molar-refractivity contribution in [3.8, 4) is 0 Å². The van der Waals surface area contributed by atoms with E-state index in [9.17, 15) is 10.1 Å². The molecule has 5 rings (SSSR count). The van der Waals surface area contributed by atoms with E-state index < -0.39 is 0 Å². The monoisotopic (exact) mass is 461 g/mol. The van der Waals surface area contributed by atoms with Crippen molar-refractivity contribution in [2.45, 2.75) is 12.6 Å². The second kappa shape index (κ2) is 9.47. The smallest absolute Gasteiger partial charge is 0.269 e. The van der Waals surface area contributed by atoms with Gasteiger partial charge in [0, 0.05) is 48.9 Å². The maximum Gasteiger partial charge on any atom is 0.269 e. The van der Waals surface area contributed by atoms with E-state index in [2.05, 4.69) is 55.0 Å². The third-order valence-electron chi connectivity index (χ3n) is 5.90. The molecule has 9 nitrogen and oxygen atoms in total. The van der Waals surface area contributed by atoms with Crippen molar-refractivity contribution < 1.29 is 4.92 Å². The van der Waals surface area contributed by atoms with Crippen LogP contribution in [0.4, 0.5) is 11.4 Å². The highest BCUT2D eigenvalue weighted by molar-refractivity contribution is 7.10. The van der Waals surface area contributed by atoms with Crippen LogP contribution in [0.25, 0.3) is 0 Å². The van der Waals surface area contributed by atoms with Gasteiger partial charge in [0.2, 0.25) is 0 Å². The van der Waals surface area contributed by atoms with E-state index in [0.717, 1.165) is 43.3 Å². The minimum atomic E-state index is -0.368. The molecule has 0 N–H and O–H groups in total. The van der Waals surface area contributed by atoms with E-state index in [1.54, 1.807) is 23.5 Å². The van der Waals surface area contributed by atoms with Gasteiger partial charge in [-0.15, -0.1) is 16.4 Å². The zero-order valence-corrected chi connectivity index (χ0v) is 18.7. The zero-order chi connectivity index (χ0) is 22.6. The summed E-state index contributed by atoms with van der Waals surface area (Å²) >= 11 is 1.71. The van der Waals surface area contributed by atoms with Crippen molar-refractivity contribution in [2.24, 2.45) is 0 Å². The summed E-state index contributed by atoms with van der Waals surface area (Å²) in [7, 11) is 0. The third-order valence-corrected chi connectivity index (χ3v) is 6.82. The van der Waals surface area contributed by atoms with Gasteiger partial charge in [-0.2, -0.15) is 0 Å². The molecule has 4 aromatic rings. The lowest BCUT2D eigenvalue weighted by Crippen LogP contribution is -2.48. The first-order chi connectivity index (χ1) is 16.2. The molecule has 10 heteroatoms. The summed E-state index contributed by atoms with van der Waals surface area (Å²) in [6.45, 7) is 3.92. The molecule has 2 aromatic heterocycles. The van der Waals surface area contributed by atoms with Crippen molar-refractivity contribution in [3.05, 3.63) is 98.5 Å². The number of benzene rings is 2. The lowest BCUT2D eigenvalue weighted by atomic mass is 10.1. The minimum absolute atomic E-state index is 0.0253. The molecule has 1 aliphatic heterocycles. The van der Waals surface area contributed by atoms with Gasteiger partial charge in [0.25, 0.3) is 5.69 Å². The Morgan fingerprint density at radius 2 is 1.73 bits per heavy atom. The van der Waals surface area contributed by atoms with Crippen molar-refractivity contribution in [1.29, 1.82) is 0 Å². The molecule has 0 amide bonds. The Balaban J connectivity index is 1.35. The topological polar surface area (TPSA) is 93.2 Å². The highest BCUT2D eigenvalue weighted by Crippen LogP contribution is 2.32. The summed E-state index contributed by atoms with van der Waals surface area (Å²) in [5.74, 6) is 0.838. The van der Waals surface area contributed by atoms with Crippen molar-refractivity contribution in [2.75, 3.05) is 31.1 Å². The van der Waals surface area contributed by atoms with Crippen molar-refractivity contribution in [1.82, 2.24) is 25.1 Å². The van der Waals surface area contributed by atoms with Crippen LogP contribution in [0.15, 0.2) is 72.1 Å². The van der Waals surface area contributed by atoms with Gasteiger partial charge >= 0.3 is 0 Å². The number of nitro groups is 1. The summed E-state index contributed by atoms with van der Waals surface area (Å²) in [6, 6.07) is 21.2. The Labute approximate surface area is 195 Å². The van der Waals surface area contributed by atoms with Crippen LogP contribution in [-0.4, -0.2) is 56.2 Å². The van der Waals surface area contributed by atoms with Crippen LogP contribution in [0.3, 0.4) is 0 Å². The Morgan fingerprint density at radius 1 is 0.970 bits per heavy atom. The molecular weight excluding hydrogens is 438 g/mol. The molecule has 0 saturated carbocycles. The summed E-state index contributed by atoms with van der Waals surface area (Å²) in [5, 5.41) is 25.8. The summed E-state index contributed by atoms with van der Waals surface area (Å²) in [4.78, 5) is 16.5. The molecule has 33 heavy (non-hydrogen) atoms. The fourth-order valence-electron chi connectivity index (χ4n) is 4.22. The van der Waals surface area contributed by atoms with Crippen LogP contribution in [0.2, 0.25) is 0 Å². The van der Waals surface area contributed by atoms with E-state index in [4.69, 9.17) is 0 Å². The number of tetrazole rings is 1. The van der Waals surface area contributed by atoms with Crippen LogP contribution < -0.4 is 4.90 Å². The largest absolute Gasteiger partial charge is 0.369 e. The molecule has 1 aliphatic rings.